The van der Waals surface area contributed by atoms with Gasteiger partial charge < -0.3 is 14.2 Å². The topological polar surface area (TPSA) is 94.2 Å². The van der Waals surface area contributed by atoms with Gasteiger partial charge in [0.1, 0.15) is 18.2 Å². The fourth-order valence-electron chi connectivity index (χ4n) is 3.38. The van der Waals surface area contributed by atoms with Crippen LogP contribution in [0.4, 0.5) is 4.39 Å². The van der Waals surface area contributed by atoms with Gasteiger partial charge >= 0.3 is 0 Å². The summed E-state index contributed by atoms with van der Waals surface area (Å²) in [5.41, 5.74) is 2.19. The Bertz CT molecular complexity index is 1010. The third kappa shape index (κ3) is 4.51. The summed E-state index contributed by atoms with van der Waals surface area (Å²) in [5, 5.41) is 4.01. The van der Waals surface area contributed by atoms with Crippen LogP contribution in [0.15, 0.2) is 41.3 Å². The Labute approximate surface area is 173 Å². The van der Waals surface area contributed by atoms with Crippen LogP contribution in [-0.4, -0.2) is 50.6 Å². The minimum Gasteiger partial charge on any atom is -0.368 e. The molecule has 156 valence electrons. The third-order valence-electron chi connectivity index (χ3n) is 5.02. The molecule has 9 heteroatoms. The lowest BCUT2D eigenvalue weighted by Crippen LogP contribution is -2.42. The number of amides is 1. The van der Waals surface area contributed by atoms with Crippen molar-refractivity contribution in [3.05, 3.63) is 59.8 Å². The molecule has 0 saturated carbocycles. The largest absolute Gasteiger partial charge is 0.368 e. The summed E-state index contributed by atoms with van der Waals surface area (Å²) in [7, 11) is 0. The van der Waals surface area contributed by atoms with E-state index in [1.807, 2.05) is 6.92 Å². The van der Waals surface area contributed by atoms with Gasteiger partial charge in [-0.15, -0.1) is 0 Å². The van der Waals surface area contributed by atoms with Crippen molar-refractivity contribution >= 4 is 5.91 Å². The standard InChI is InChI=1S/C21H22FN5O3/c1-2-18-25-21(26-30-18)16-11-23-13-24-20(16)17-12-27(9-10-29-17)19(28)8-5-14-3-6-15(22)7-4-14/h3-4,6-7,11,13,17H,2,5,8-10,12H2,1H3/t17-/m1/s1. The van der Waals surface area contributed by atoms with Crippen LogP contribution in [0.3, 0.4) is 0 Å². The molecule has 1 fully saturated rings. The lowest BCUT2D eigenvalue weighted by atomic mass is 10.1. The summed E-state index contributed by atoms with van der Waals surface area (Å²) in [6, 6.07) is 6.22. The molecule has 3 aromatic rings. The van der Waals surface area contributed by atoms with Gasteiger partial charge in [0.05, 0.1) is 24.4 Å². The molecule has 1 amide bonds. The summed E-state index contributed by atoms with van der Waals surface area (Å²) >= 11 is 0. The lowest BCUT2D eigenvalue weighted by molar-refractivity contribution is -0.139. The molecule has 0 radical (unpaired) electrons. The smallest absolute Gasteiger partial charge is 0.226 e. The monoisotopic (exact) mass is 411 g/mol. The number of hydrogen-bond acceptors (Lipinski definition) is 7. The zero-order valence-corrected chi connectivity index (χ0v) is 16.6. The van der Waals surface area contributed by atoms with Crippen molar-refractivity contribution in [3.8, 4) is 11.4 Å². The number of hydrogen-bond donors (Lipinski definition) is 0. The molecule has 1 aliphatic rings. The summed E-state index contributed by atoms with van der Waals surface area (Å²) in [6.45, 7) is 3.23. The molecule has 1 aliphatic heterocycles. The molecule has 4 rings (SSSR count). The molecule has 30 heavy (non-hydrogen) atoms. The first-order chi connectivity index (χ1) is 14.6. The molecule has 0 bridgehead atoms. The quantitative estimate of drug-likeness (QED) is 0.616. The molecule has 0 aliphatic carbocycles. The SMILES string of the molecule is CCc1nc(-c2cncnc2[C@H]2CN(C(=O)CCc3ccc(F)cc3)CCO2)no1. The number of halogens is 1. The molecule has 0 unspecified atom stereocenters. The molecule has 2 aromatic heterocycles. The first kappa shape index (κ1) is 20.1. The molecule has 8 nitrogen and oxygen atoms in total. The van der Waals surface area contributed by atoms with Crippen molar-refractivity contribution in [2.24, 2.45) is 0 Å². The zero-order chi connectivity index (χ0) is 20.9. The minimum absolute atomic E-state index is 0.0241. The van der Waals surface area contributed by atoms with E-state index in [0.717, 1.165) is 5.56 Å². The van der Waals surface area contributed by atoms with E-state index in [1.165, 1.54) is 18.5 Å². The maximum Gasteiger partial charge on any atom is 0.226 e. The number of ether oxygens (including phenoxy) is 1. The summed E-state index contributed by atoms with van der Waals surface area (Å²) in [6.07, 6.45) is 4.20. The van der Waals surface area contributed by atoms with Crippen LogP contribution in [0.1, 0.15) is 36.6 Å². The van der Waals surface area contributed by atoms with E-state index in [2.05, 4.69) is 20.1 Å². The summed E-state index contributed by atoms with van der Waals surface area (Å²) < 4.78 is 24.2. The number of nitrogens with zero attached hydrogens (tertiary/aromatic N) is 5. The average molecular weight is 411 g/mol. The van der Waals surface area contributed by atoms with E-state index in [1.54, 1.807) is 23.2 Å². The highest BCUT2D eigenvalue weighted by Crippen LogP contribution is 2.28. The second kappa shape index (κ2) is 9.08. The van der Waals surface area contributed by atoms with Crippen LogP contribution in [-0.2, 0) is 22.4 Å². The first-order valence-corrected chi connectivity index (χ1v) is 9.90. The number of benzene rings is 1. The average Bonchev–Trinajstić information content (AvgIpc) is 3.28. The summed E-state index contributed by atoms with van der Waals surface area (Å²) in [4.78, 5) is 27.3. The van der Waals surface area contributed by atoms with Gasteiger partial charge in [-0.05, 0) is 24.1 Å². The Balaban J connectivity index is 1.45. The fourth-order valence-corrected chi connectivity index (χ4v) is 3.38. The van der Waals surface area contributed by atoms with E-state index >= 15 is 0 Å². The van der Waals surface area contributed by atoms with Crippen LogP contribution in [0.5, 0.6) is 0 Å². The van der Waals surface area contributed by atoms with Crippen LogP contribution in [0, 0.1) is 5.82 Å². The van der Waals surface area contributed by atoms with Gasteiger partial charge in [0.15, 0.2) is 0 Å². The van der Waals surface area contributed by atoms with Crippen LogP contribution >= 0.6 is 0 Å². The van der Waals surface area contributed by atoms with Gasteiger partial charge in [0.25, 0.3) is 0 Å². The minimum atomic E-state index is -0.407. The number of aromatic nitrogens is 4. The second-order valence-electron chi connectivity index (χ2n) is 7.01. The lowest BCUT2D eigenvalue weighted by Gasteiger charge is -2.33. The normalized spacial score (nSPS) is 16.6. The number of carbonyl (C=O) groups excluding carboxylic acids is 1. The fraction of sp³-hybridized carbons (Fsp3) is 0.381. The Morgan fingerprint density at radius 2 is 2.13 bits per heavy atom. The predicted molar refractivity (Wildman–Crippen MR) is 105 cm³/mol. The maximum atomic E-state index is 13.0. The maximum absolute atomic E-state index is 13.0. The predicted octanol–water partition coefficient (Wildman–Crippen LogP) is 2.76. The van der Waals surface area contributed by atoms with E-state index < -0.39 is 6.10 Å². The molecular weight excluding hydrogens is 389 g/mol. The van der Waals surface area contributed by atoms with Crippen LogP contribution in [0.25, 0.3) is 11.4 Å². The Morgan fingerprint density at radius 3 is 2.90 bits per heavy atom. The molecule has 0 N–H and O–H groups in total. The van der Waals surface area contributed by atoms with Crippen molar-refractivity contribution in [1.29, 1.82) is 0 Å². The van der Waals surface area contributed by atoms with E-state index in [4.69, 9.17) is 9.26 Å². The van der Waals surface area contributed by atoms with Gasteiger partial charge in [-0.3, -0.25) is 4.79 Å². The molecule has 3 heterocycles. The summed E-state index contributed by atoms with van der Waals surface area (Å²) in [5.74, 6) is 0.679. The molecular formula is C21H22FN5O3. The Morgan fingerprint density at radius 1 is 1.30 bits per heavy atom. The van der Waals surface area contributed by atoms with Crippen LogP contribution < -0.4 is 0 Å². The first-order valence-electron chi connectivity index (χ1n) is 9.90. The van der Waals surface area contributed by atoms with Crippen molar-refractivity contribution in [3.63, 3.8) is 0 Å². The Kier molecular flexibility index (Phi) is 6.08. The highest BCUT2D eigenvalue weighted by molar-refractivity contribution is 5.76. The van der Waals surface area contributed by atoms with Crippen molar-refractivity contribution < 1.29 is 18.4 Å². The van der Waals surface area contributed by atoms with Gasteiger partial charge in [-0.25, -0.2) is 14.4 Å². The molecule has 0 spiro atoms. The number of aryl methyl sites for hydroxylation is 2. The number of carbonyl (C=O) groups is 1. The van der Waals surface area contributed by atoms with Gasteiger partial charge in [-0.1, -0.05) is 24.2 Å². The number of rotatable bonds is 6. The third-order valence-corrected chi connectivity index (χ3v) is 5.02. The molecule has 1 saturated heterocycles. The van der Waals surface area contributed by atoms with E-state index in [-0.39, 0.29) is 11.7 Å². The zero-order valence-electron chi connectivity index (χ0n) is 16.6. The molecule has 1 aromatic carbocycles. The highest BCUT2D eigenvalue weighted by Gasteiger charge is 2.29. The van der Waals surface area contributed by atoms with Crippen molar-refractivity contribution in [2.75, 3.05) is 19.7 Å². The van der Waals surface area contributed by atoms with Crippen molar-refractivity contribution in [1.82, 2.24) is 25.0 Å². The van der Waals surface area contributed by atoms with E-state index in [9.17, 15) is 9.18 Å². The van der Waals surface area contributed by atoms with Gasteiger partial charge in [-0.2, -0.15) is 4.98 Å². The van der Waals surface area contributed by atoms with E-state index in [0.29, 0.717) is 61.9 Å². The van der Waals surface area contributed by atoms with Crippen LogP contribution in [0.2, 0.25) is 0 Å². The van der Waals surface area contributed by atoms with Gasteiger partial charge in [0, 0.05) is 25.6 Å². The van der Waals surface area contributed by atoms with Crippen molar-refractivity contribution in [2.45, 2.75) is 32.3 Å². The Hall–Kier alpha value is -3.20. The number of morpholine rings is 1. The molecule has 1 atom stereocenters. The van der Waals surface area contributed by atoms with Gasteiger partial charge in [0.2, 0.25) is 17.6 Å². The highest BCUT2D eigenvalue weighted by atomic mass is 19.1. The second-order valence-corrected chi connectivity index (χ2v) is 7.01.